The van der Waals surface area contributed by atoms with E-state index >= 15 is 0 Å². The Hall–Kier alpha value is -2.69. The Morgan fingerprint density at radius 3 is 2.23 bits per heavy atom. The van der Waals surface area contributed by atoms with Gasteiger partial charge in [-0.15, -0.1) is 0 Å². The van der Waals surface area contributed by atoms with Crippen LogP contribution in [0.5, 0.6) is 0 Å². The number of amides is 2. The van der Waals surface area contributed by atoms with Crippen LogP contribution in [0.2, 0.25) is 0 Å². The summed E-state index contributed by atoms with van der Waals surface area (Å²) in [5.41, 5.74) is 2.12. The van der Waals surface area contributed by atoms with Gasteiger partial charge in [0.15, 0.2) is 0 Å². The lowest BCUT2D eigenvalue weighted by Gasteiger charge is -2.23. The second-order valence-electron chi connectivity index (χ2n) is 6.32. The lowest BCUT2D eigenvalue weighted by Crippen LogP contribution is -2.31. The number of nitrogens with zero attached hydrogens (tertiary/aromatic N) is 1. The molecule has 2 aromatic rings. The average Bonchev–Trinajstić information content (AvgIpc) is 2.62. The summed E-state index contributed by atoms with van der Waals surface area (Å²) in [7, 11) is 0. The third kappa shape index (κ3) is 5.99. The summed E-state index contributed by atoms with van der Waals surface area (Å²) in [4.78, 5) is 25.8. The SMILES string of the molecule is CCCCCN(Cc1ccc(F)cc1)C(=O)c1ccc(NC(C)=O)cc1. The quantitative estimate of drug-likeness (QED) is 0.702. The molecule has 2 aromatic carbocycles. The molecule has 5 heteroatoms. The Bertz CT molecular complexity index is 727. The number of benzene rings is 2. The van der Waals surface area contributed by atoms with Gasteiger partial charge in [0.25, 0.3) is 5.91 Å². The second kappa shape index (κ2) is 9.70. The van der Waals surface area contributed by atoms with E-state index in [1.807, 2.05) is 0 Å². The van der Waals surface area contributed by atoms with E-state index in [1.165, 1.54) is 19.1 Å². The van der Waals surface area contributed by atoms with E-state index in [0.29, 0.717) is 24.3 Å². The highest BCUT2D eigenvalue weighted by atomic mass is 19.1. The maximum absolute atomic E-state index is 13.1. The van der Waals surface area contributed by atoms with Crippen molar-refractivity contribution in [1.82, 2.24) is 4.90 Å². The average molecular weight is 356 g/mol. The molecule has 0 fully saturated rings. The van der Waals surface area contributed by atoms with Gasteiger partial charge in [-0.25, -0.2) is 4.39 Å². The minimum Gasteiger partial charge on any atom is -0.334 e. The predicted molar refractivity (Wildman–Crippen MR) is 101 cm³/mol. The molecule has 0 saturated carbocycles. The van der Waals surface area contributed by atoms with Gasteiger partial charge >= 0.3 is 0 Å². The number of nitrogens with one attached hydrogen (secondary N) is 1. The molecule has 4 nitrogen and oxygen atoms in total. The molecule has 0 saturated heterocycles. The van der Waals surface area contributed by atoms with Crippen molar-refractivity contribution in [3.63, 3.8) is 0 Å². The summed E-state index contributed by atoms with van der Waals surface area (Å²) < 4.78 is 13.1. The Balaban J connectivity index is 2.13. The minimum atomic E-state index is -0.286. The van der Waals surface area contributed by atoms with E-state index in [9.17, 15) is 14.0 Å². The van der Waals surface area contributed by atoms with Crippen molar-refractivity contribution in [2.24, 2.45) is 0 Å². The predicted octanol–water partition coefficient (Wildman–Crippen LogP) is 4.62. The highest BCUT2D eigenvalue weighted by molar-refractivity contribution is 5.95. The van der Waals surface area contributed by atoms with Gasteiger partial charge in [-0.2, -0.15) is 0 Å². The third-order valence-electron chi connectivity index (χ3n) is 4.06. The van der Waals surface area contributed by atoms with Gasteiger partial charge in [-0.3, -0.25) is 9.59 Å². The molecule has 0 aromatic heterocycles. The topological polar surface area (TPSA) is 49.4 Å². The molecule has 0 aliphatic carbocycles. The highest BCUT2D eigenvalue weighted by Crippen LogP contribution is 2.15. The summed E-state index contributed by atoms with van der Waals surface area (Å²) >= 11 is 0. The summed E-state index contributed by atoms with van der Waals surface area (Å²) in [6.45, 7) is 4.65. The second-order valence-corrected chi connectivity index (χ2v) is 6.32. The standard InChI is InChI=1S/C21H25FN2O2/c1-3-4-5-14-24(15-17-6-10-19(22)11-7-17)21(26)18-8-12-20(13-9-18)23-16(2)25/h6-13H,3-5,14-15H2,1-2H3,(H,23,25). The van der Waals surface area contributed by atoms with Crippen LogP contribution < -0.4 is 5.32 Å². The van der Waals surface area contributed by atoms with Crippen LogP contribution in [0.25, 0.3) is 0 Å². The Labute approximate surface area is 154 Å². The first-order chi connectivity index (χ1) is 12.5. The molecular formula is C21H25FN2O2. The fourth-order valence-corrected chi connectivity index (χ4v) is 2.70. The van der Waals surface area contributed by atoms with Crippen LogP contribution in [0.1, 0.15) is 49.0 Å². The van der Waals surface area contributed by atoms with Crippen LogP contribution in [-0.4, -0.2) is 23.3 Å². The first kappa shape index (κ1) is 19.6. The van der Waals surface area contributed by atoms with E-state index in [0.717, 1.165) is 24.8 Å². The molecule has 0 unspecified atom stereocenters. The van der Waals surface area contributed by atoms with Crippen LogP contribution in [-0.2, 0) is 11.3 Å². The number of hydrogen-bond acceptors (Lipinski definition) is 2. The van der Waals surface area contributed by atoms with E-state index < -0.39 is 0 Å². The molecule has 0 aliphatic rings. The lowest BCUT2D eigenvalue weighted by atomic mass is 10.1. The third-order valence-corrected chi connectivity index (χ3v) is 4.06. The molecule has 2 rings (SSSR count). The largest absolute Gasteiger partial charge is 0.334 e. The van der Waals surface area contributed by atoms with Crippen molar-refractivity contribution in [1.29, 1.82) is 0 Å². The number of anilines is 1. The van der Waals surface area contributed by atoms with Crippen molar-refractivity contribution in [2.45, 2.75) is 39.7 Å². The fraction of sp³-hybridized carbons (Fsp3) is 0.333. The molecular weight excluding hydrogens is 331 g/mol. The van der Waals surface area contributed by atoms with Crippen LogP contribution >= 0.6 is 0 Å². The van der Waals surface area contributed by atoms with Crippen molar-refractivity contribution in [3.8, 4) is 0 Å². The molecule has 0 radical (unpaired) electrons. The molecule has 138 valence electrons. The highest BCUT2D eigenvalue weighted by Gasteiger charge is 2.16. The molecule has 0 heterocycles. The zero-order chi connectivity index (χ0) is 18.9. The summed E-state index contributed by atoms with van der Waals surface area (Å²) in [6.07, 6.45) is 3.05. The number of hydrogen-bond donors (Lipinski definition) is 1. The van der Waals surface area contributed by atoms with Gasteiger partial charge in [0, 0.05) is 31.3 Å². The van der Waals surface area contributed by atoms with Gasteiger partial charge < -0.3 is 10.2 Å². The first-order valence-corrected chi connectivity index (χ1v) is 8.91. The summed E-state index contributed by atoms with van der Waals surface area (Å²) in [5, 5.41) is 2.69. The Morgan fingerprint density at radius 2 is 1.65 bits per heavy atom. The van der Waals surface area contributed by atoms with Gasteiger partial charge in [0.1, 0.15) is 5.82 Å². The number of rotatable bonds is 8. The molecule has 0 bridgehead atoms. The Morgan fingerprint density at radius 1 is 1.00 bits per heavy atom. The van der Waals surface area contributed by atoms with Gasteiger partial charge in [-0.1, -0.05) is 31.9 Å². The van der Waals surface area contributed by atoms with Crippen LogP contribution in [0.3, 0.4) is 0 Å². The zero-order valence-corrected chi connectivity index (χ0v) is 15.3. The maximum atomic E-state index is 13.1. The number of halogens is 1. The summed E-state index contributed by atoms with van der Waals surface area (Å²) in [5.74, 6) is -0.507. The zero-order valence-electron chi connectivity index (χ0n) is 15.3. The molecule has 26 heavy (non-hydrogen) atoms. The van der Waals surface area contributed by atoms with Gasteiger partial charge in [0.2, 0.25) is 5.91 Å². The maximum Gasteiger partial charge on any atom is 0.254 e. The number of unbranched alkanes of at least 4 members (excludes halogenated alkanes) is 2. The van der Waals surface area contributed by atoms with Crippen molar-refractivity contribution >= 4 is 17.5 Å². The van der Waals surface area contributed by atoms with Crippen molar-refractivity contribution < 1.29 is 14.0 Å². The van der Waals surface area contributed by atoms with Gasteiger partial charge in [0.05, 0.1) is 0 Å². The van der Waals surface area contributed by atoms with Crippen LogP contribution in [0.15, 0.2) is 48.5 Å². The normalized spacial score (nSPS) is 10.4. The number of carbonyl (C=O) groups excluding carboxylic acids is 2. The van der Waals surface area contributed by atoms with E-state index in [1.54, 1.807) is 41.3 Å². The molecule has 0 aliphatic heterocycles. The van der Waals surface area contributed by atoms with E-state index in [4.69, 9.17) is 0 Å². The van der Waals surface area contributed by atoms with Crippen molar-refractivity contribution in [2.75, 3.05) is 11.9 Å². The Kier molecular flexibility index (Phi) is 7.33. The fourth-order valence-electron chi connectivity index (χ4n) is 2.70. The number of carbonyl (C=O) groups is 2. The van der Waals surface area contributed by atoms with Crippen molar-refractivity contribution in [3.05, 3.63) is 65.5 Å². The monoisotopic (exact) mass is 356 g/mol. The molecule has 0 atom stereocenters. The first-order valence-electron chi connectivity index (χ1n) is 8.91. The summed E-state index contributed by atoms with van der Waals surface area (Å²) in [6, 6.07) is 13.1. The molecule has 2 amide bonds. The van der Waals surface area contributed by atoms with E-state index in [2.05, 4.69) is 12.2 Å². The lowest BCUT2D eigenvalue weighted by molar-refractivity contribution is -0.114. The molecule has 0 spiro atoms. The smallest absolute Gasteiger partial charge is 0.254 e. The minimum absolute atomic E-state index is 0.0696. The van der Waals surface area contributed by atoms with Crippen LogP contribution in [0.4, 0.5) is 10.1 Å². The van der Waals surface area contributed by atoms with Gasteiger partial charge in [-0.05, 0) is 48.4 Å². The van der Waals surface area contributed by atoms with Crippen LogP contribution in [0, 0.1) is 5.82 Å². The van der Waals surface area contributed by atoms with E-state index in [-0.39, 0.29) is 17.6 Å². The molecule has 1 N–H and O–H groups in total.